The van der Waals surface area contributed by atoms with Crippen LogP contribution >= 0.6 is 0 Å². The van der Waals surface area contributed by atoms with Crippen molar-refractivity contribution in [3.63, 3.8) is 0 Å². The van der Waals surface area contributed by atoms with Gasteiger partial charge in [-0.1, -0.05) is 6.42 Å². The second kappa shape index (κ2) is 5.00. The van der Waals surface area contributed by atoms with E-state index in [4.69, 9.17) is 5.11 Å². The summed E-state index contributed by atoms with van der Waals surface area (Å²) in [6.45, 7) is 0. The van der Waals surface area contributed by atoms with E-state index in [1.54, 1.807) is 0 Å². The summed E-state index contributed by atoms with van der Waals surface area (Å²) in [6.07, 6.45) is 5.48. The molecule has 3 nitrogen and oxygen atoms in total. The second-order valence-electron chi connectivity index (χ2n) is 3.69. The lowest BCUT2D eigenvalue weighted by molar-refractivity contribution is -0.137. The molecule has 0 atom stereocenters. The Morgan fingerprint density at radius 2 is 1.69 bits per heavy atom. The number of unbranched alkanes of at least 4 members (excludes halogenated alkanes) is 2. The molecule has 0 bridgehead atoms. The standard InChI is InChI=1S/C10H16O3/c11-9(8-6-7-8)4-2-1-3-5-10(12)13/h8H,1-7H2,(H,12,13). The van der Waals surface area contributed by atoms with E-state index in [1.165, 1.54) is 0 Å². The third kappa shape index (κ3) is 4.65. The van der Waals surface area contributed by atoms with E-state index in [9.17, 15) is 9.59 Å². The van der Waals surface area contributed by atoms with Crippen LogP contribution in [0.3, 0.4) is 0 Å². The Kier molecular flexibility index (Phi) is 3.93. The van der Waals surface area contributed by atoms with Gasteiger partial charge in [0.25, 0.3) is 0 Å². The first kappa shape index (κ1) is 10.2. The zero-order valence-electron chi connectivity index (χ0n) is 7.79. The van der Waals surface area contributed by atoms with E-state index in [0.29, 0.717) is 24.5 Å². The molecule has 0 saturated heterocycles. The van der Waals surface area contributed by atoms with Gasteiger partial charge in [0, 0.05) is 18.8 Å². The average Bonchev–Trinajstić information content (AvgIpc) is 2.85. The van der Waals surface area contributed by atoms with E-state index in [2.05, 4.69) is 0 Å². The fourth-order valence-corrected chi connectivity index (χ4v) is 1.36. The summed E-state index contributed by atoms with van der Waals surface area (Å²) in [5, 5.41) is 8.35. The number of carbonyl (C=O) groups excluding carboxylic acids is 1. The van der Waals surface area contributed by atoms with Crippen LogP contribution in [0.15, 0.2) is 0 Å². The van der Waals surface area contributed by atoms with Gasteiger partial charge in [0.05, 0.1) is 0 Å². The summed E-state index contributed by atoms with van der Waals surface area (Å²) in [6, 6.07) is 0. The highest BCUT2D eigenvalue weighted by Gasteiger charge is 2.28. The minimum absolute atomic E-state index is 0.234. The molecular weight excluding hydrogens is 168 g/mol. The van der Waals surface area contributed by atoms with Crippen LogP contribution in [0.5, 0.6) is 0 Å². The van der Waals surface area contributed by atoms with Gasteiger partial charge in [0.15, 0.2) is 0 Å². The van der Waals surface area contributed by atoms with Crippen LogP contribution in [0, 0.1) is 5.92 Å². The van der Waals surface area contributed by atoms with Gasteiger partial charge in [0.2, 0.25) is 0 Å². The monoisotopic (exact) mass is 184 g/mol. The summed E-state index contributed by atoms with van der Waals surface area (Å²) in [5.41, 5.74) is 0. The molecule has 0 aliphatic heterocycles. The first-order valence-electron chi connectivity index (χ1n) is 4.94. The molecular formula is C10H16O3. The van der Waals surface area contributed by atoms with Gasteiger partial charge in [-0.3, -0.25) is 9.59 Å². The summed E-state index contributed by atoms with van der Waals surface area (Å²) >= 11 is 0. The van der Waals surface area contributed by atoms with Crippen LogP contribution in [0.4, 0.5) is 0 Å². The highest BCUT2D eigenvalue weighted by atomic mass is 16.4. The topological polar surface area (TPSA) is 54.4 Å². The van der Waals surface area contributed by atoms with Crippen molar-refractivity contribution in [1.29, 1.82) is 0 Å². The summed E-state index contributed by atoms with van der Waals surface area (Å²) in [4.78, 5) is 21.3. The number of carboxylic acid groups (broad SMARTS) is 1. The molecule has 0 radical (unpaired) electrons. The van der Waals surface area contributed by atoms with Crippen LogP contribution < -0.4 is 0 Å². The zero-order valence-corrected chi connectivity index (χ0v) is 7.79. The van der Waals surface area contributed by atoms with Gasteiger partial charge in [-0.2, -0.15) is 0 Å². The zero-order chi connectivity index (χ0) is 9.68. The maximum atomic E-state index is 11.2. The third-order valence-corrected chi connectivity index (χ3v) is 2.35. The van der Waals surface area contributed by atoms with Crippen molar-refractivity contribution in [2.24, 2.45) is 5.92 Å². The molecule has 1 rings (SSSR count). The van der Waals surface area contributed by atoms with Crippen LogP contribution in [-0.4, -0.2) is 16.9 Å². The fraction of sp³-hybridized carbons (Fsp3) is 0.800. The molecule has 0 aromatic rings. The predicted molar refractivity (Wildman–Crippen MR) is 48.5 cm³/mol. The summed E-state index contributed by atoms with van der Waals surface area (Å²) in [5.74, 6) is 0.00307. The maximum absolute atomic E-state index is 11.2. The Labute approximate surface area is 78.1 Å². The SMILES string of the molecule is O=C(O)CCCCCC(=O)C1CC1. The van der Waals surface area contributed by atoms with Gasteiger partial charge in [0.1, 0.15) is 5.78 Å². The Hall–Kier alpha value is -0.860. The lowest BCUT2D eigenvalue weighted by Crippen LogP contribution is -2.00. The third-order valence-electron chi connectivity index (χ3n) is 2.35. The number of carbonyl (C=O) groups is 2. The molecule has 0 amide bonds. The number of carboxylic acids is 1. The van der Waals surface area contributed by atoms with E-state index < -0.39 is 5.97 Å². The van der Waals surface area contributed by atoms with E-state index in [1.807, 2.05) is 0 Å². The Bertz CT molecular complexity index is 194. The summed E-state index contributed by atoms with van der Waals surface area (Å²) < 4.78 is 0. The minimum atomic E-state index is -0.742. The number of Topliss-reactive ketones (excluding diaryl/α,β-unsaturated/α-hetero) is 1. The lowest BCUT2D eigenvalue weighted by atomic mass is 10.1. The number of aliphatic carboxylic acids is 1. The van der Waals surface area contributed by atoms with Crippen LogP contribution in [-0.2, 0) is 9.59 Å². The normalized spacial score (nSPS) is 15.7. The largest absolute Gasteiger partial charge is 0.481 e. The molecule has 0 spiro atoms. The molecule has 1 fully saturated rings. The molecule has 0 heterocycles. The molecule has 1 aliphatic rings. The molecule has 0 aromatic carbocycles. The molecule has 1 aliphatic carbocycles. The molecule has 74 valence electrons. The average molecular weight is 184 g/mol. The van der Waals surface area contributed by atoms with Crippen molar-refractivity contribution in [2.75, 3.05) is 0 Å². The number of hydrogen-bond donors (Lipinski definition) is 1. The molecule has 1 N–H and O–H groups in total. The van der Waals surface area contributed by atoms with Gasteiger partial charge in [-0.15, -0.1) is 0 Å². The predicted octanol–water partition coefficient (Wildman–Crippen LogP) is 2.00. The van der Waals surface area contributed by atoms with Crippen LogP contribution in [0.1, 0.15) is 44.9 Å². The lowest BCUT2D eigenvalue weighted by Gasteiger charge is -1.97. The first-order chi connectivity index (χ1) is 6.20. The van der Waals surface area contributed by atoms with Crippen LogP contribution in [0.25, 0.3) is 0 Å². The number of rotatable bonds is 7. The van der Waals surface area contributed by atoms with Crippen LogP contribution in [0.2, 0.25) is 0 Å². The van der Waals surface area contributed by atoms with Gasteiger partial charge in [-0.05, 0) is 25.7 Å². The molecule has 0 unspecified atom stereocenters. The Morgan fingerprint density at radius 3 is 2.23 bits per heavy atom. The maximum Gasteiger partial charge on any atom is 0.303 e. The van der Waals surface area contributed by atoms with Crippen molar-refractivity contribution in [3.8, 4) is 0 Å². The highest BCUT2D eigenvalue weighted by molar-refractivity contribution is 5.83. The summed E-state index contributed by atoms with van der Waals surface area (Å²) in [7, 11) is 0. The minimum Gasteiger partial charge on any atom is -0.481 e. The van der Waals surface area contributed by atoms with Gasteiger partial charge < -0.3 is 5.11 Å². The van der Waals surface area contributed by atoms with Crippen molar-refractivity contribution in [2.45, 2.75) is 44.9 Å². The van der Waals surface area contributed by atoms with Crippen molar-refractivity contribution in [3.05, 3.63) is 0 Å². The fourth-order valence-electron chi connectivity index (χ4n) is 1.36. The molecule has 13 heavy (non-hydrogen) atoms. The Morgan fingerprint density at radius 1 is 1.08 bits per heavy atom. The quantitative estimate of drug-likeness (QED) is 0.616. The van der Waals surface area contributed by atoms with Crippen molar-refractivity contribution >= 4 is 11.8 Å². The van der Waals surface area contributed by atoms with Crippen molar-refractivity contribution in [1.82, 2.24) is 0 Å². The van der Waals surface area contributed by atoms with E-state index in [0.717, 1.165) is 25.7 Å². The van der Waals surface area contributed by atoms with Gasteiger partial charge in [-0.25, -0.2) is 0 Å². The molecule has 3 heteroatoms. The molecule has 0 aromatic heterocycles. The van der Waals surface area contributed by atoms with Gasteiger partial charge >= 0.3 is 5.97 Å². The first-order valence-corrected chi connectivity index (χ1v) is 4.94. The molecule has 1 saturated carbocycles. The Balaban J connectivity index is 1.88. The highest BCUT2D eigenvalue weighted by Crippen LogP contribution is 2.31. The second-order valence-corrected chi connectivity index (χ2v) is 3.69. The number of ketones is 1. The van der Waals surface area contributed by atoms with E-state index in [-0.39, 0.29) is 6.42 Å². The smallest absolute Gasteiger partial charge is 0.303 e. The van der Waals surface area contributed by atoms with Crippen molar-refractivity contribution < 1.29 is 14.7 Å². The number of hydrogen-bond acceptors (Lipinski definition) is 2. The van der Waals surface area contributed by atoms with E-state index >= 15 is 0 Å².